The summed E-state index contributed by atoms with van der Waals surface area (Å²) in [4.78, 5) is 36.3. The summed E-state index contributed by atoms with van der Waals surface area (Å²) in [5.74, 6) is -3.16. The standard InChI is InChI=1S/C10H13N3O5/c14-8(1-3-13-4-2-11-6-13)12-7(10(17)18)5-9(15)16/h2,4,6-7H,1,3,5H2,(H,12,14)(H,15,16)(H,17,18)/t7-/m1/s1. The second-order valence-electron chi connectivity index (χ2n) is 3.61. The molecule has 8 heteroatoms. The third-order valence-electron chi connectivity index (χ3n) is 2.17. The van der Waals surface area contributed by atoms with Gasteiger partial charge in [-0.25, -0.2) is 9.78 Å². The first-order valence-corrected chi connectivity index (χ1v) is 5.18. The Bertz CT molecular complexity index is 429. The number of aliphatic carboxylic acids is 2. The van der Waals surface area contributed by atoms with Crippen LogP contribution in [0.1, 0.15) is 12.8 Å². The Hall–Kier alpha value is -2.38. The summed E-state index contributed by atoms with van der Waals surface area (Å²) in [6.45, 7) is 0.352. The maximum Gasteiger partial charge on any atom is 0.326 e. The number of aryl methyl sites for hydroxylation is 1. The first-order valence-electron chi connectivity index (χ1n) is 5.18. The largest absolute Gasteiger partial charge is 0.481 e. The zero-order chi connectivity index (χ0) is 13.5. The molecule has 18 heavy (non-hydrogen) atoms. The smallest absolute Gasteiger partial charge is 0.326 e. The maximum atomic E-state index is 11.4. The highest BCUT2D eigenvalue weighted by Gasteiger charge is 2.22. The van der Waals surface area contributed by atoms with Crippen LogP contribution >= 0.6 is 0 Å². The molecule has 0 bridgehead atoms. The molecule has 0 aliphatic heterocycles. The fraction of sp³-hybridized carbons (Fsp3) is 0.400. The molecule has 1 aromatic rings. The molecule has 0 aromatic carbocycles. The van der Waals surface area contributed by atoms with Crippen molar-refractivity contribution in [2.45, 2.75) is 25.4 Å². The fourth-order valence-electron chi connectivity index (χ4n) is 1.29. The molecule has 8 nitrogen and oxygen atoms in total. The van der Waals surface area contributed by atoms with E-state index in [9.17, 15) is 14.4 Å². The number of hydrogen-bond acceptors (Lipinski definition) is 4. The zero-order valence-electron chi connectivity index (χ0n) is 9.44. The molecule has 0 aliphatic rings. The SMILES string of the molecule is O=C(O)C[C@@H](NC(=O)CCn1ccnc1)C(=O)O. The monoisotopic (exact) mass is 255 g/mol. The summed E-state index contributed by atoms with van der Waals surface area (Å²) >= 11 is 0. The van der Waals surface area contributed by atoms with Crippen molar-refractivity contribution in [2.24, 2.45) is 0 Å². The molecular weight excluding hydrogens is 242 g/mol. The predicted molar refractivity (Wildman–Crippen MR) is 58.7 cm³/mol. The van der Waals surface area contributed by atoms with Gasteiger partial charge < -0.3 is 20.1 Å². The summed E-state index contributed by atoms with van der Waals surface area (Å²) in [7, 11) is 0. The van der Waals surface area contributed by atoms with Crippen molar-refractivity contribution in [3.05, 3.63) is 18.7 Å². The van der Waals surface area contributed by atoms with Crippen LogP contribution in [-0.4, -0.2) is 43.7 Å². The normalized spacial score (nSPS) is 11.8. The Morgan fingerprint density at radius 1 is 1.33 bits per heavy atom. The van der Waals surface area contributed by atoms with E-state index < -0.39 is 30.3 Å². The number of nitrogens with zero attached hydrogens (tertiary/aromatic N) is 2. The average Bonchev–Trinajstić information content (AvgIpc) is 2.77. The highest BCUT2D eigenvalue weighted by molar-refractivity contribution is 5.86. The van der Waals surface area contributed by atoms with Crippen LogP contribution in [0.4, 0.5) is 0 Å². The van der Waals surface area contributed by atoms with E-state index >= 15 is 0 Å². The average molecular weight is 255 g/mol. The molecule has 0 fully saturated rings. The van der Waals surface area contributed by atoms with Crippen LogP contribution in [0.5, 0.6) is 0 Å². The molecule has 3 N–H and O–H groups in total. The Labute approximate surface area is 102 Å². The minimum Gasteiger partial charge on any atom is -0.481 e. The number of aromatic nitrogens is 2. The van der Waals surface area contributed by atoms with Crippen LogP contribution in [0.15, 0.2) is 18.7 Å². The lowest BCUT2D eigenvalue weighted by Crippen LogP contribution is -2.42. The highest BCUT2D eigenvalue weighted by atomic mass is 16.4. The van der Waals surface area contributed by atoms with E-state index in [0.717, 1.165) is 0 Å². The van der Waals surface area contributed by atoms with Crippen LogP contribution in [0, 0.1) is 0 Å². The van der Waals surface area contributed by atoms with Crippen LogP contribution in [-0.2, 0) is 20.9 Å². The molecule has 0 radical (unpaired) electrons. The van der Waals surface area contributed by atoms with Gasteiger partial charge in [0.25, 0.3) is 0 Å². The molecule has 1 rings (SSSR count). The van der Waals surface area contributed by atoms with Gasteiger partial charge >= 0.3 is 11.9 Å². The minimum atomic E-state index is -1.40. The van der Waals surface area contributed by atoms with Crippen LogP contribution in [0.2, 0.25) is 0 Å². The number of hydrogen-bond donors (Lipinski definition) is 3. The number of carbonyl (C=O) groups is 3. The topological polar surface area (TPSA) is 122 Å². The Morgan fingerprint density at radius 2 is 2.06 bits per heavy atom. The number of amides is 1. The van der Waals surface area contributed by atoms with Crippen LogP contribution in [0.25, 0.3) is 0 Å². The van der Waals surface area contributed by atoms with E-state index in [0.29, 0.717) is 6.54 Å². The van der Waals surface area contributed by atoms with Gasteiger partial charge in [-0.05, 0) is 0 Å². The number of carboxylic acids is 2. The third kappa shape index (κ3) is 4.64. The van der Waals surface area contributed by atoms with Gasteiger partial charge in [-0.15, -0.1) is 0 Å². The zero-order valence-corrected chi connectivity index (χ0v) is 9.44. The van der Waals surface area contributed by atoms with Gasteiger partial charge in [0, 0.05) is 25.4 Å². The molecule has 0 aliphatic carbocycles. The predicted octanol–water partition coefficient (Wildman–Crippen LogP) is -0.683. The van der Waals surface area contributed by atoms with Gasteiger partial charge in [-0.3, -0.25) is 9.59 Å². The lowest BCUT2D eigenvalue weighted by molar-refractivity contribution is -0.147. The van der Waals surface area contributed by atoms with Crippen molar-refractivity contribution in [3.8, 4) is 0 Å². The highest BCUT2D eigenvalue weighted by Crippen LogP contribution is 1.96. The van der Waals surface area contributed by atoms with Crippen LogP contribution in [0.3, 0.4) is 0 Å². The quantitative estimate of drug-likeness (QED) is 0.593. The van der Waals surface area contributed by atoms with Gasteiger partial charge in [0.15, 0.2) is 0 Å². The van der Waals surface area contributed by atoms with Crippen molar-refractivity contribution >= 4 is 17.8 Å². The molecule has 1 amide bonds. The summed E-state index contributed by atoms with van der Waals surface area (Å²) in [5.41, 5.74) is 0. The summed E-state index contributed by atoms with van der Waals surface area (Å²) in [6.07, 6.45) is 4.16. The summed E-state index contributed by atoms with van der Waals surface area (Å²) in [6, 6.07) is -1.40. The van der Waals surface area contributed by atoms with Gasteiger partial charge in [-0.1, -0.05) is 0 Å². The maximum absolute atomic E-state index is 11.4. The van der Waals surface area contributed by atoms with E-state index in [-0.39, 0.29) is 6.42 Å². The van der Waals surface area contributed by atoms with Gasteiger partial charge in [0.2, 0.25) is 5.91 Å². The van der Waals surface area contributed by atoms with Crippen LogP contribution < -0.4 is 5.32 Å². The Balaban J connectivity index is 2.41. The van der Waals surface area contributed by atoms with Crippen molar-refractivity contribution in [1.29, 1.82) is 0 Å². The van der Waals surface area contributed by atoms with E-state index in [1.54, 1.807) is 17.0 Å². The lowest BCUT2D eigenvalue weighted by Gasteiger charge is -2.12. The molecule has 0 unspecified atom stereocenters. The number of carboxylic acid groups (broad SMARTS) is 2. The molecule has 1 atom stereocenters. The lowest BCUT2D eigenvalue weighted by atomic mass is 10.2. The number of nitrogens with one attached hydrogen (secondary N) is 1. The minimum absolute atomic E-state index is 0.0553. The summed E-state index contributed by atoms with van der Waals surface area (Å²) in [5, 5.41) is 19.4. The van der Waals surface area contributed by atoms with Crippen molar-refractivity contribution < 1.29 is 24.6 Å². The molecule has 98 valence electrons. The summed E-state index contributed by atoms with van der Waals surface area (Å²) < 4.78 is 1.66. The van der Waals surface area contributed by atoms with Gasteiger partial charge in [0.05, 0.1) is 12.7 Å². The van der Waals surface area contributed by atoms with Crippen molar-refractivity contribution in [3.63, 3.8) is 0 Å². The van der Waals surface area contributed by atoms with E-state index in [1.165, 1.54) is 6.33 Å². The number of rotatable bonds is 7. The molecular formula is C10H13N3O5. The first kappa shape index (κ1) is 13.7. The Kier molecular flexibility index (Phi) is 4.85. The molecule has 0 spiro atoms. The van der Waals surface area contributed by atoms with Gasteiger partial charge in [-0.2, -0.15) is 0 Å². The molecule has 0 saturated carbocycles. The Morgan fingerprint density at radius 3 is 2.56 bits per heavy atom. The second kappa shape index (κ2) is 6.38. The van der Waals surface area contributed by atoms with E-state index in [1.807, 2.05) is 0 Å². The van der Waals surface area contributed by atoms with Crippen molar-refractivity contribution in [2.75, 3.05) is 0 Å². The molecule has 0 saturated heterocycles. The second-order valence-corrected chi connectivity index (χ2v) is 3.61. The molecule has 1 heterocycles. The third-order valence-corrected chi connectivity index (χ3v) is 2.17. The van der Waals surface area contributed by atoms with E-state index in [4.69, 9.17) is 10.2 Å². The van der Waals surface area contributed by atoms with Crippen molar-refractivity contribution in [1.82, 2.24) is 14.9 Å². The van der Waals surface area contributed by atoms with E-state index in [2.05, 4.69) is 10.3 Å². The fourth-order valence-corrected chi connectivity index (χ4v) is 1.29. The molecule has 1 aromatic heterocycles. The van der Waals surface area contributed by atoms with Gasteiger partial charge in [0.1, 0.15) is 6.04 Å². The first-order chi connectivity index (χ1) is 8.49. The number of carbonyl (C=O) groups excluding carboxylic acids is 1. The number of imidazole rings is 1.